The second kappa shape index (κ2) is 11.8. The largest absolute Gasteiger partial charge is 0.344 e. The van der Waals surface area contributed by atoms with Crippen LogP contribution in [-0.2, 0) is 22.6 Å². The van der Waals surface area contributed by atoms with Gasteiger partial charge in [0.05, 0.1) is 6.10 Å². The van der Waals surface area contributed by atoms with Gasteiger partial charge in [0.15, 0.2) is 5.79 Å². The molecule has 0 aromatic heterocycles. The van der Waals surface area contributed by atoms with E-state index in [1.807, 2.05) is 0 Å². The van der Waals surface area contributed by atoms with Crippen molar-refractivity contribution in [2.75, 3.05) is 12.7 Å². The molecule has 0 spiro atoms. The first kappa shape index (κ1) is 28.6. The summed E-state index contributed by atoms with van der Waals surface area (Å²) in [7, 11) is -0.606. The molecule has 45 heavy (non-hydrogen) atoms. The van der Waals surface area contributed by atoms with Crippen LogP contribution in [0.25, 0.3) is 32.7 Å². The van der Waals surface area contributed by atoms with Crippen molar-refractivity contribution in [3.05, 3.63) is 145 Å². The highest BCUT2D eigenvalue weighted by Crippen LogP contribution is 2.44. The van der Waals surface area contributed by atoms with Crippen molar-refractivity contribution in [1.29, 1.82) is 0 Å². The maximum atomic E-state index is 6.74. The van der Waals surface area contributed by atoms with Crippen molar-refractivity contribution in [1.82, 2.24) is 4.90 Å². The van der Waals surface area contributed by atoms with E-state index in [1.165, 1.54) is 54.4 Å². The van der Waals surface area contributed by atoms with Crippen LogP contribution in [0.5, 0.6) is 0 Å². The molecule has 8 rings (SSSR count). The second-order valence-electron chi connectivity index (χ2n) is 12.8. The molecule has 0 amide bonds. The molecule has 0 radical (unpaired) electrons. The highest BCUT2D eigenvalue weighted by Gasteiger charge is 2.43. The number of benzene rings is 6. The molecule has 4 heteroatoms. The van der Waals surface area contributed by atoms with Crippen LogP contribution in [0.1, 0.15) is 25.0 Å². The lowest BCUT2D eigenvalue weighted by molar-refractivity contribution is -0.146. The SMILES string of the molecule is CC1(C)O[C@@H](CN2Cc3ccc4ccccc4c3-c3c(ccc4ccccc34)C2)[C@H](CP(c2ccccc2)c2ccccc2)O1. The maximum Gasteiger partial charge on any atom is 0.163 e. The van der Waals surface area contributed by atoms with E-state index in [-0.39, 0.29) is 12.2 Å². The molecule has 6 aromatic carbocycles. The molecule has 0 bridgehead atoms. The van der Waals surface area contributed by atoms with E-state index in [0.29, 0.717) is 0 Å². The summed E-state index contributed by atoms with van der Waals surface area (Å²) in [5.41, 5.74) is 5.49. The fraction of sp³-hybridized carbons (Fsp3) is 0.220. The Balaban J connectivity index is 1.17. The third kappa shape index (κ3) is 5.60. The zero-order chi connectivity index (χ0) is 30.4. The Morgan fingerprint density at radius 2 is 1.04 bits per heavy atom. The van der Waals surface area contributed by atoms with Gasteiger partial charge in [-0.3, -0.25) is 4.90 Å². The first-order valence-electron chi connectivity index (χ1n) is 16.0. The van der Waals surface area contributed by atoms with Crippen LogP contribution in [-0.4, -0.2) is 35.6 Å². The van der Waals surface area contributed by atoms with E-state index in [4.69, 9.17) is 9.47 Å². The number of hydrogen-bond acceptors (Lipinski definition) is 3. The van der Waals surface area contributed by atoms with Crippen LogP contribution < -0.4 is 10.6 Å². The summed E-state index contributed by atoms with van der Waals surface area (Å²) in [4.78, 5) is 2.59. The minimum Gasteiger partial charge on any atom is -0.344 e. The monoisotopic (exact) mass is 607 g/mol. The Hall–Kier alpha value is -3.85. The molecule has 1 saturated heterocycles. The van der Waals surface area contributed by atoms with Gasteiger partial charge in [0.1, 0.15) is 6.10 Å². The molecule has 2 aliphatic heterocycles. The van der Waals surface area contributed by atoms with Crippen LogP contribution in [0.4, 0.5) is 0 Å². The molecule has 1 fully saturated rings. The van der Waals surface area contributed by atoms with Crippen LogP contribution in [0.15, 0.2) is 133 Å². The number of rotatable bonds is 6. The maximum absolute atomic E-state index is 6.74. The second-order valence-corrected chi connectivity index (χ2v) is 15.1. The summed E-state index contributed by atoms with van der Waals surface area (Å²) in [6.45, 7) is 6.67. The molecule has 2 atom stereocenters. The normalized spacial score (nSPS) is 19.4. The van der Waals surface area contributed by atoms with Crippen molar-refractivity contribution in [3.8, 4) is 11.1 Å². The van der Waals surface area contributed by atoms with Gasteiger partial charge >= 0.3 is 0 Å². The summed E-state index contributed by atoms with van der Waals surface area (Å²) in [5, 5.41) is 7.97. The van der Waals surface area contributed by atoms with Gasteiger partial charge in [-0.05, 0) is 76.2 Å². The molecular formula is C41H38NO2P. The summed E-state index contributed by atoms with van der Waals surface area (Å²) in [5.74, 6) is -0.627. The molecule has 2 aliphatic rings. The van der Waals surface area contributed by atoms with Gasteiger partial charge in [-0.15, -0.1) is 0 Å². The Kier molecular flexibility index (Phi) is 7.52. The average molecular weight is 608 g/mol. The van der Waals surface area contributed by atoms with Gasteiger partial charge in [-0.2, -0.15) is 0 Å². The number of fused-ring (bicyclic) bond motifs is 7. The molecule has 0 unspecified atom stereocenters. The lowest BCUT2D eigenvalue weighted by Gasteiger charge is -2.28. The minimum absolute atomic E-state index is 0.0121. The van der Waals surface area contributed by atoms with Gasteiger partial charge in [-0.1, -0.05) is 133 Å². The summed E-state index contributed by atoms with van der Waals surface area (Å²) in [6.07, 6.45) is 0.874. The molecule has 0 saturated carbocycles. The third-order valence-electron chi connectivity index (χ3n) is 9.29. The summed E-state index contributed by atoms with van der Waals surface area (Å²) >= 11 is 0. The van der Waals surface area contributed by atoms with Gasteiger partial charge in [0.25, 0.3) is 0 Å². The van der Waals surface area contributed by atoms with Crippen LogP contribution in [0, 0.1) is 0 Å². The van der Waals surface area contributed by atoms with E-state index in [9.17, 15) is 0 Å². The van der Waals surface area contributed by atoms with Gasteiger partial charge in [-0.25, -0.2) is 0 Å². The first-order chi connectivity index (χ1) is 22.0. The highest BCUT2D eigenvalue weighted by molar-refractivity contribution is 7.73. The summed E-state index contributed by atoms with van der Waals surface area (Å²) in [6, 6.07) is 48.8. The molecule has 224 valence electrons. The van der Waals surface area contributed by atoms with Crippen LogP contribution in [0.3, 0.4) is 0 Å². The van der Waals surface area contributed by atoms with Crippen molar-refractivity contribution >= 4 is 40.1 Å². The molecule has 2 heterocycles. The fourth-order valence-corrected chi connectivity index (χ4v) is 9.84. The summed E-state index contributed by atoms with van der Waals surface area (Å²) < 4.78 is 13.5. The average Bonchev–Trinajstić information content (AvgIpc) is 3.25. The van der Waals surface area contributed by atoms with Crippen LogP contribution >= 0.6 is 7.92 Å². The lowest BCUT2D eigenvalue weighted by Crippen LogP contribution is -2.39. The molecule has 0 aliphatic carbocycles. The quantitative estimate of drug-likeness (QED) is 0.177. The Morgan fingerprint density at radius 1 is 0.578 bits per heavy atom. The molecule has 0 N–H and O–H groups in total. The molecule has 3 nitrogen and oxygen atoms in total. The third-order valence-corrected chi connectivity index (χ3v) is 11.9. The number of nitrogens with zero attached hydrogens (tertiary/aromatic N) is 1. The van der Waals surface area contributed by atoms with Gasteiger partial charge in [0, 0.05) is 25.8 Å². The highest BCUT2D eigenvalue weighted by atomic mass is 31.1. The molecule has 6 aromatic rings. The van der Waals surface area contributed by atoms with E-state index in [1.54, 1.807) is 0 Å². The van der Waals surface area contributed by atoms with E-state index in [0.717, 1.165) is 25.8 Å². The van der Waals surface area contributed by atoms with Gasteiger partial charge < -0.3 is 9.47 Å². The number of hydrogen-bond donors (Lipinski definition) is 0. The van der Waals surface area contributed by atoms with Crippen molar-refractivity contribution in [3.63, 3.8) is 0 Å². The van der Waals surface area contributed by atoms with Gasteiger partial charge in [0.2, 0.25) is 0 Å². The van der Waals surface area contributed by atoms with Crippen molar-refractivity contribution in [2.45, 2.75) is 44.9 Å². The zero-order valence-corrected chi connectivity index (χ0v) is 26.8. The lowest BCUT2D eigenvalue weighted by atomic mass is 9.88. The van der Waals surface area contributed by atoms with E-state index < -0.39 is 13.7 Å². The van der Waals surface area contributed by atoms with Crippen LogP contribution in [0.2, 0.25) is 0 Å². The predicted octanol–water partition coefficient (Wildman–Crippen LogP) is 8.63. The molecular weight excluding hydrogens is 569 g/mol. The Morgan fingerprint density at radius 3 is 1.58 bits per heavy atom. The van der Waals surface area contributed by atoms with E-state index >= 15 is 0 Å². The zero-order valence-electron chi connectivity index (χ0n) is 25.9. The fourth-order valence-electron chi connectivity index (χ4n) is 7.38. The Labute approximate surface area is 267 Å². The minimum atomic E-state index is -0.627. The van der Waals surface area contributed by atoms with E-state index in [2.05, 4.69) is 152 Å². The van der Waals surface area contributed by atoms with Crippen molar-refractivity contribution in [2.24, 2.45) is 0 Å². The van der Waals surface area contributed by atoms with Crippen molar-refractivity contribution < 1.29 is 9.47 Å². The topological polar surface area (TPSA) is 21.7 Å². The number of ether oxygens (including phenoxy) is 2. The standard InChI is InChI=1S/C41H38NO2P/c1-41(2)43-37(38(44-41)28-45(33-15-5-3-6-16-33)34-17-7-4-8-18-34)27-42-25-31-23-21-29-13-9-11-19-35(29)39(31)40-32(26-42)24-22-30-14-10-12-20-36(30)40/h3-24,37-38H,25-28H2,1-2H3/t37-,38-/m0/s1. The predicted molar refractivity (Wildman–Crippen MR) is 189 cm³/mol. The smallest absolute Gasteiger partial charge is 0.163 e. The Bertz CT molecular complexity index is 1850. The first-order valence-corrected chi connectivity index (χ1v) is 17.5.